The maximum absolute atomic E-state index is 12.1. The Morgan fingerprint density at radius 2 is 1.76 bits per heavy atom. The van der Waals surface area contributed by atoms with Crippen LogP contribution in [0.4, 0.5) is 5.69 Å². The lowest BCUT2D eigenvalue weighted by Gasteiger charge is -2.17. The summed E-state index contributed by atoms with van der Waals surface area (Å²) in [4.78, 5) is 11.5. The molecule has 1 N–H and O–H groups in total. The molecule has 0 aromatic heterocycles. The fourth-order valence-electron chi connectivity index (χ4n) is 2.16. The molecule has 0 atom stereocenters. The minimum absolute atomic E-state index is 0.0782. The van der Waals surface area contributed by atoms with Crippen molar-refractivity contribution in [3.63, 3.8) is 0 Å². The summed E-state index contributed by atoms with van der Waals surface area (Å²) in [6.07, 6.45) is 1.09. The van der Waals surface area contributed by atoms with Gasteiger partial charge in [0, 0.05) is 18.2 Å². The molecule has 1 aliphatic heterocycles. The topological polar surface area (TPSA) is 72.5 Å². The average Bonchev–Trinajstić information content (AvgIpc) is 2.47. The van der Waals surface area contributed by atoms with E-state index >= 15 is 0 Å². The minimum Gasteiger partial charge on any atom is -0.379 e. The van der Waals surface area contributed by atoms with Crippen molar-refractivity contribution in [2.75, 3.05) is 5.32 Å². The van der Waals surface area contributed by atoms with E-state index in [4.69, 9.17) is 4.18 Å². The molecular formula is C15H13NO4S. The van der Waals surface area contributed by atoms with Crippen LogP contribution < -0.4 is 9.50 Å². The first-order valence-corrected chi connectivity index (χ1v) is 7.88. The smallest absolute Gasteiger partial charge is 0.339 e. The molecule has 3 rings (SSSR count). The zero-order chi connectivity index (χ0) is 14.9. The summed E-state index contributed by atoms with van der Waals surface area (Å²) < 4.78 is 29.4. The van der Waals surface area contributed by atoms with Gasteiger partial charge in [-0.05, 0) is 30.2 Å². The SMILES string of the molecule is O=C1CCc2ccc(OS(=O)(=O)c3ccccc3)cc2N1. The molecule has 0 bridgehead atoms. The van der Waals surface area contributed by atoms with Gasteiger partial charge in [-0.1, -0.05) is 24.3 Å². The second kappa shape index (κ2) is 5.21. The van der Waals surface area contributed by atoms with Crippen LogP contribution in [0.5, 0.6) is 5.75 Å². The molecular weight excluding hydrogens is 290 g/mol. The summed E-state index contributed by atoms with van der Waals surface area (Å²) in [5.41, 5.74) is 1.58. The molecule has 1 amide bonds. The monoisotopic (exact) mass is 303 g/mol. The molecule has 2 aromatic rings. The Bertz CT molecular complexity index is 785. The molecule has 0 saturated heterocycles. The van der Waals surface area contributed by atoms with Crippen molar-refractivity contribution in [1.82, 2.24) is 0 Å². The van der Waals surface area contributed by atoms with Crippen LogP contribution in [0.3, 0.4) is 0 Å². The second-order valence-electron chi connectivity index (χ2n) is 4.72. The van der Waals surface area contributed by atoms with Gasteiger partial charge in [-0.2, -0.15) is 8.42 Å². The molecule has 21 heavy (non-hydrogen) atoms. The quantitative estimate of drug-likeness (QED) is 0.883. The zero-order valence-electron chi connectivity index (χ0n) is 11.1. The fourth-order valence-corrected chi connectivity index (χ4v) is 3.11. The van der Waals surface area contributed by atoms with Crippen LogP contribution in [-0.2, 0) is 21.3 Å². The predicted octanol–water partition coefficient (Wildman–Crippen LogP) is 2.34. The summed E-state index contributed by atoms with van der Waals surface area (Å²) >= 11 is 0. The van der Waals surface area contributed by atoms with Gasteiger partial charge >= 0.3 is 10.1 Å². The van der Waals surface area contributed by atoms with E-state index in [1.165, 1.54) is 18.2 Å². The molecule has 1 heterocycles. The van der Waals surface area contributed by atoms with Crippen LogP contribution in [0, 0.1) is 0 Å². The summed E-state index contributed by atoms with van der Waals surface area (Å²) in [6.45, 7) is 0. The number of anilines is 1. The number of hydrogen-bond acceptors (Lipinski definition) is 4. The highest BCUT2D eigenvalue weighted by molar-refractivity contribution is 7.87. The third-order valence-electron chi connectivity index (χ3n) is 3.21. The van der Waals surface area contributed by atoms with Gasteiger partial charge in [-0.15, -0.1) is 0 Å². The Labute approximate surface area is 122 Å². The first-order valence-electron chi connectivity index (χ1n) is 6.47. The maximum Gasteiger partial charge on any atom is 0.339 e. The molecule has 6 heteroatoms. The lowest BCUT2D eigenvalue weighted by atomic mass is 10.0. The van der Waals surface area contributed by atoms with E-state index < -0.39 is 10.1 Å². The Kier molecular flexibility index (Phi) is 3.39. The van der Waals surface area contributed by atoms with Gasteiger partial charge in [0.2, 0.25) is 5.91 Å². The Hall–Kier alpha value is -2.34. The van der Waals surface area contributed by atoms with E-state index in [2.05, 4.69) is 5.32 Å². The minimum atomic E-state index is -3.87. The standard InChI is InChI=1S/C15H13NO4S/c17-15-9-7-11-6-8-12(10-14(11)16-15)20-21(18,19)13-4-2-1-3-5-13/h1-6,8,10H,7,9H2,(H,16,17). The van der Waals surface area contributed by atoms with E-state index in [0.29, 0.717) is 18.5 Å². The van der Waals surface area contributed by atoms with E-state index in [1.807, 2.05) is 0 Å². The molecule has 0 fully saturated rings. The maximum atomic E-state index is 12.1. The number of rotatable bonds is 3. The number of carbonyl (C=O) groups is 1. The Morgan fingerprint density at radius 1 is 1.00 bits per heavy atom. The van der Waals surface area contributed by atoms with Gasteiger partial charge in [0.05, 0.1) is 0 Å². The van der Waals surface area contributed by atoms with Crippen molar-refractivity contribution in [2.24, 2.45) is 0 Å². The van der Waals surface area contributed by atoms with Crippen molar-refractivity contribution < 1.29 is 17.4 Å². The molecule has 108 valence electrons. The van der Waals surface area contributed by atoms with E-state index in [0.717, 1.165) is 5.56 Å². The summed E-state index contributed by atoms with van der Waals surface area (Å²) in [7, 11) is -3.87. The molecule has 0 spiro atoms. The normalized spacial score (nSPS) is 14.2. The van der Waals surface area contributed by atoms with Crippen LogP contribution in [-0.4, -0.2) is 14.3 Å². The number of fused-ring (bicyclic) bond motifs is 1. The van der Waals surface area contributed by atoms with Gasteiger partial charge < -0.3 is 9.50 Å². The van der Waals surface area contributed by atoms with Gasteiger partial charge in [-0.25, -0.2) is 0 Å². The number of aryl methyl sites for hydroxylation is 1. The third-order valence-corrected chi connectivity index (χ3v) is 4.48. The van der Waals surface area contributed by atoms with E-state index in [-0.39, 0.29) is 16.6 Å². The van der Waals surface area contributed by atoms with E-state index in [9.17, 15) is 13.2 Å². The average molecular weight is 303 g/mol. The molecule has 0 aliphatic carbocycles. The van der Waals surface area contributed by atoms with Crippen LogP contribution in [0.2, 0.25) is 0 Å². The lowest BCUT2D eigenvalue weighted by molar-refractivity contribution is -0.116. The van der Waals surface area contributed by atoms with Crippen molar-refractivity contribution in [1.29, 1.82) is 0 Å². The van der Waals surface area contributed by atoms with Crippen LogP contribution in [0.25, 0.3) is 0 Å². The van der Waals surface area contributed by atoms with Crippen molar-refractivity contribution in [2.45, 2.75) is 17.7 Å². The Balaban J connectivity index is 1.89. The van der Waals surface area contributed by atoms with E-state index in [1.54, 1.807) is 30.3 Å². The number of benzene rings is 2. The molecule has 1 aliphatic rings. The summed E-state index contributed by atoms with van der Waals surface area (Å²) in [5.74, 6) is 0.102. The molecule has 0 radical (unpaired) electrons. The number of carbonyl (C=O) groups excluding carboxylic acids is 1. The van der Waals surface area contributed by atoms with Crippen molar-refractivity contribution in [3.8, 4) is 5.75 Å². The highest BCUT2D eigenvalue weighted by Crippen LogP contribution is 2.28. The number of nitrogens with one attached hydrogen (secondary N) is 1. The number of hydrogen-bond donors (Lipinski definition) is 1. The van der Waals surface area contributed by atoms with Crippen LogP contribution in [0.1, 0.15) is 12.0 Å². The molecule has 2 aromatic carbocycles. The fraction of sp³-hybridized carbons (Fsp3) is 0.133. The highest BCUT2D eigenvalue weighted by Gasteiger charge is 2.19. The molecule has 0 unspecified atom stereocenters. The molecule has 5 nitrogen and oxygen atoms in total. The molecule has 0 saturated carbocycles. The summed E-state index contributed by atoms with van der Waals surface area (Å²) in [6, 6.07) is 12.8. The van der Waals surface area contributed by atoms with Gasteiger partial charge in [-0.3, -0.25) is 4.79 Å². The van der Waals surface area contributed by atoms with Gasteiger partial charge in [0.15, 0.2) is 0 Å². The largest absolute Gasteiger partial charge is 0.379 e. The van der Waals surface area contributed by atoms with Crippen molar-refractivity contribution >= 4 is 21.7 Å². The van der Waals surface area contributed by atoms with Crippen LogP contribution in [0.15, 0.2) is 53.4 Å². The predicted molar refractivity (Wildman–Crippen MR) is 77.6 cm³/mol. The van der Waals surface area contributed by atoms with Crippen LogP contribution >= 0.6 is 0 Å². The van der Waals surface area contributed by atoms with Gasteiger partial charge in [0.1, 0.15) is 10.6 Å². The third kappa shape index (κ3) is 2.90. The first-order chi connectivity index (χ1) is 10.0. The lowest BCUT2D eigenvalue weighted by Crippen LogP contribution is -2.19. The van der Waals surface area contributed by atoms with Crippen molar-refractivity contribution in [3.05, 3.63) is 54.1 Å². The second-order valence-corrected chi connectivity index (χ2v) is 6.26. The van der Waals surface area contributed by atoms with Gasteiger partial charge in [0.25, 0.3) is 0 Å². The zero-order valence-corrected chi connectivity index (χ0v) is 11.9. The summed E-state index contributed by atoms with van der Waals surface area (Å²) in [5, 5.41) is 2.71. The highest BCUT2D eigenvalue weighted by atomic mass is 32.2. The number of amides is 1. The Morgan fingerprint density at radius 3 is 2.52 bits per heavy atom. The first kappa shape index (κ1) is 13.6.